The molecule has 0 saturated carbocycles. The van der Waals surface area contributed by atoms with Gasteiger partial charge in [-0.1, -0.05) is 45.0 Å². The number of carbonyl (C=O) groups is 2. The predicted molar refractivity (Wildman–Crippen MR) is 121 cm³/mol. The Kier molecular flexibility index (Phi) is 6.69. The zero-order valence-corrected chi connectivity index (χ0v) is 18.9. The lowest BCUT2D eigenvalue weighted by molar-refractivity contribution is -0.142. The number of likely N-dealkylation sites (tertiary alicyclic amines) is 1. The van der Waals surface area contributed by atoms with E-state index < -0.39 is 15.4 Å². The van der Waals surface area contributed by atoms with Crippen molar-refractivity contribution in [2.75, 3.05) is 23.1 Å². The minimum Gasteiger partial charge on any atom is -0.341 e. The number of sulfonamides is 1. The lowest BCUT2D eigenvalue weighted by atomic mass is 9.91. The van der Waals surface area contributed by atoms with Crippen LogP contribution in [-0.2, 0) is 19.6 Å². The van der Waals surface area contributed by atoms with Crippen LogP contribution in [0.25, 0.3) is 0 Å². The maximum absolute atomic E-state index is 12.8. The summed E-state index contributed by atoms with van der Waals surface area (Å²) in [5.74, 6) is -0.429. The Morgan fingerprint density at radius 2 is 1.68 bits per heavy atom. The second-order valence-corrected chi connectivity index (χ2v) is 10.5. The van der Waals surface area contributed by atoms with Crippen LogP contribution in [0.2, 0.25) is 0 Å². The first kappa shape index (κ1) is 22.8. The van der Waals surface area contributed by atoms with Crippen molar-refractivity contribution >= 4 is 33.2 Å². The van der Waals surface area contributed by atoms with Crippen LogP contribution < -0.4 is 10.0 Å². The minimum atomic E-state index is -3.72. The van der Waals surface area contributed by atoms with E-state index in [9.17, 15) is 18.0 Å². The third-order valence-electron chi connectivity index (χ3n) is 5.16. The summed E-state index contributed by atoms with van der Waals surface area (Å²) in [6.45, 7) is 6.68. The highest BCUT2D eigenvalue weighted by Crippen LogP contribution is 2.25. The van der Waals surface area contributed by atoms with Gasteiger partial charge in [-0.3, -0.25) is 14.3 Å². The number of hydrogen-bond acceptors (Lipinski definition) is 4. The summed E-state index contributed by atoms with van der Waals surface area (Å²) in [7, 11) is -3.72. The average molecular weight is 444 g/mol. The summed E-state index contributed by atoms with van der Waals surface area (Å²) in [5, 5.41) is 2.86. The first-order chi connectivity index (χ1) is 14.6. The van der Waals surface area contributed by atoms with Crippen molar-refractivity contribution < 1.29 is 18.0 Å². The molecule has 0 radical (unpaired) electrons. The second kappa shape index (κ2) is 9.09. The van der Waals surface area contributed by atoms with Gasteiger partial charge in [-0.05, 0) is 43.2 Å². The van der Waals surface area contributed by atoms with Gasteiger partial charge in [-0.15, -0.1) is 0 Å². The summed E-state index contributed by atoms with van der Waals surface area (Å²) in [6.07, 6.45) is 1.48. The molecule has 3 rings (SSSR count). The smallest absolute Gasteiger partial charge is 0.261 e. The monoisotopic (exact) mass is 443 g/mol. The molecule has 166 valence electrons. The molecule has 1 aliphatic heterocycles. The van der Waals surface area contributed by atoms with Crippen LogP contribution in [0, 0.1) is 11.3 Å². The molecule has 31 heavy (non-hydrogen) atoms. The van der Waals surface area contributed by atoms with E-state index in [2.05, 4.69) is 10.0 Å². The minimum absolute atomic E-state index is 0.0438. The number of rotatable bonds is 5. The number of piperidine rings is 1. The first-order valence-electron chi connectivity index (χ1n) is 10.3. The third kappa shape index (κ3) is 5.85. The van der Waals surface area contributed by atoms with Crippen molar-refractivity contribution in [3.8, 4) is 0 Å². The van der Waals surface area contributed by atoms with Gasteiger partial charge in [0, 0.05) is 24.2 Å². The number of benzene rings is 2. The van der Waals surface area contributed by atoms with Crippen LogP contribution >= 0.6 is 0 Å². The molecule has 0 bridgehead atoms. The van der Waals surface area contributed by atoms with Crippen molar-refractivity contribution in [1.29, 1.82) is 0 Å². The molecule has 7 nitrogen and oxygen atoms in total. The summed E-state index contributed by atoms with van der Waals surface area (Å²) in [6, 6.07) is 14.7. The van der Waals surface area contributed by atoms with Crippen LogP contribution in [0.4, 0.5) is 11.4 Å². The van der Waals surface area contributed by atoms with Gasteiger partial charge in [0.25, 0.3) is 10.0 Å². The summed E-state index contributed by atoms with van der Waals surface area (Å²) in [5.41, 5.74) is 0.371. The molecule has 2 amide bonds. The van der Waals surface area contributed by atoms with Crippen LogP contribution in [-0.4, -0.2) is 38.2 Å². The Hall–Kier alpha value is -2.87. The van der Waals surface area contributed by atoms with Gasteiger partial charge in [0.2, 0.25) is 11.8 Å². The molecule has 1 atom stereocenters. The first-order valence-corrected chi connectivity index (χ1v) is 11.8. The van der Waals surface area contributed by atoms with E-state index in [4.69, 9.17) is 0 Å². The van der Waals surface area contributed by atoms with Gasteiger partial charge in [-0.25, -0.2) is 8.42 Å². The van der Waals surface area contributed by atoms with Gasteiger partial charge < -0.3 is 10.2 Å². The summed E-state index contributed by atoms with van der Waals surface area (Å²) < 4.78 is 27.6. The molecule has 0 spiro atoms. The van der Waals surface area contributed by atoms with Crippen LogP contribution in [0.5, 0.6) is 0 Å². The number of nitrogens with zero attached hydrogens (tertiary/aromatic N) is 1. The molecule has 8 heteroatoms. The van der Waals surface area contributed by atoms with E-state index in [1.54, 1.807) is 47.4 Å². The van der Waals surface area contributed by atoms with Gasteiger partial charge in [-0.2, -0.15) is 0 Å². The zero-order chi connectivity index (χ0) is 22.6. The van der Waals surface area contributed by atoms with E-state index in [0.717, 1.165) is 6.42 Å². The summed E-state index contributed by atoms with van der Waals surface area (Å²) in [4.78, 5) is 27.3. The molecular weight excluding hydrogens is 414 g/mol. The number of amides is 2. The Labute approximate surface area is 183 Å². The predicted octanol–water partition coefficient (Wildman–Crippen LogP) is 3.71. The van der Waals surface area contributed by atoms with E-state index in [0.29, 0.717) is 30.9 Å². The SMILES string of the molecule is CC(C)(C)C(=O)N1CCCC(C(=O)Nc2cccc(NS(=O)(=O)c3ccccc3)c2)C1. The molecule has 2 aromatic carbocycles. The Morgan fingerprint density at radius 1 is 1.00 bits per heavy atom. The average Bonchev–Trinajstić information content (AvgIpc) is 2.73. The Morgan fingerprint density at radius 3 is 2.35 bits per heavy atom. The molecular formula is C23H29N3O4S. The van der Waals surface area contributed by atoms with Gasteiger partial charge >= 0.3 is 0 Å². The number of carbonyl (C=O) groups excluding carboxylic acids is 2. The van der Waals surface area contributed by atoms with Gasteiger partial charge in [0.05, 0.1) is 16.5 Å². The van der Waals surface area contributed by atoms with Crippen molar-refractivity contribution in [1.82, 2.24) is 4.90 Å². The van der Waals surface area contributed by atoms with Crippen molar-refractivity contribution in [2.45, 2.75) is 38.5 Å². The normalized spacial score (nSPS) is 17.1. The molecule has 1 unspecified atom stereocenters. The van der Waals surface area contributed by atoms with Gasteiger partial charge in [0.1, 0.15) is 0 Å². The highest BCUT2D eigenvalue weighted by molar-refractivity contribution is 7.92. The number of hydrogen-bond donors (Lipinski definition) is 2. The third-order valence-corrected chi connectivity index (χ3v) is 6.55. The van der Waals surface area contributed by atoms with Crippen LogP contribution in [0.1, 0.15) is 33.6 Å². The summed E-state index contributed by atoms with van der Waals surface area (Å²) >= 11 is 0. The number of anilines is 2. The maximum atomic E-state index is 12.8. The van der Waals surface area contributed by atoms with Crippen molar-refractivity contribution in [2.24, 2.45) is 11.3 Å². The largest absolute Gasteiger partial charge is 0.341 e. The lowest BCUT2D eigenvalue weighted by Gasteiger charge is -2.35. The fraction of sp³-hybridized carbons (Fsp3) is 0.391. The number of nitrogens with one attached hydrogen (secondary N) is 2. The van der Waals surface area contributed by atoms with E-state index in [1.165, 1.54) is 12.1 Å². The second-order valence-electron chi connectivity index (χ2n) is 8.83. The molecule has 1 heterocycles. The maximum Gasteiger partial charge on any atom is 0.261 e. The fourth-order valence-electron chi connectivity index (χ4n) is 3.57. The fourth-order valence-corrected chi connectivity index (χ4v) is 4.64. The van der Waals surface area contributed by atoms with Gasteiger partial charge in [0.15, 0.2) is 0 Å². The molecule has 2 aromatic rings. The van der Waals surface area contributed by atoms with E-state index in [1.807, 2.05) is 20.8 Å². The molecule has 1 saturated heterocycles. The van der Waals surface area contributed by atoms with Crippen LogP contribution in [0.3, 0.4) is 0 Å². The molecule has 1 fully saturated rings. The Balaban J connectivity index is 1.67. The molecule has 2 N–H and O–H groups in total. The molecule has 1 aliphatic rings. The quantitative estimate of drug-likeness (QED) is 0.736. The lowest BCUT2D eigenvalue weighted by Crippen LogP contribution is -2.47. The molecule has 0 aliphatic carbocycles. The zero-order valence-electron chi connectivity index (χ0n) is 18.1. The van der Waals surface area contributed by atoms with Crippen molar-refractivity contribution in [3.05, 3.63) is 54.6 Å². The standard InChI is InChI=1S/C23H29N3O4S/c1-23(2,3)22(28)26-14-8-9-17(16-26)21(27)24-18-10-7-11-19(15-18)25-31(29,30)20-12-5-4-6-13-20/h4-7,10-13,15,17,25H,8-9,14,16H2,1-3H3,(H,24,27). The molecule has 0 aromatic heterocycles. The van der Waals surface area contributed by atoms with E-state index >= 15 is 0 Å². The Bertz CT molecular complexity index is 1050. The highest BCUT2D eigenvalue weighted by Gasteiger charge is 2.33. The highest BCUT2D eigenvalue weighted by atomic mass is 32.2. The van der Waals surface area contributed by atoms with Crippen LogP contribution in [0.15, 0.2) is 59.5 Å². The topological polar surface area (TPSA) is 95.6 Å². The van der Waals surface area contributed by atoms with Crippen molar-refractivity contribution in [3.63, 3.8) is 0 Å². The van der Waals surface area contributed by atoms with E-state index in [-0.39, 0.29) is 22.6 Å².